The molecular weight excluding hydrogens is 536 g/mol. The van der Waals surface area contributed by atoms with Crippen LogP contribution in [0.5, 0.6) is 11.6 Å². The molecular formula is C28H30N4O7S. The summed E-state index contributed by atoms with van der Waals surface area (Å²) in [5.41, 5.74) is 2.53. The number of aromatic nitrogens is 2. The summed E-state index contributed by atoms with van der Waals surface area (Å²) in [6.45, 7) is 8.88. The van der Waals surface area contributed by atoms with Crippen LogP contribution < -0.4 is 14.8 Å². The minimum atomic E-state index is -4.14. The number of benzene rings is 2. The van der Waals surface area contributed by atoms with Gasteiger partial charge in [0.25, 0.3) is 5.91 Å². The van der Waals surface area contributed by atoms with Crippen LogP contribution in [-0.2, 0) is 10.0 Å². The monoisotopic (exact) mass is 566 g/mol. The molecule has 0 fully saturated rings. The maximum Gasteiger partial charge on any atom is 0.356 e. The Bertz CT molecular complexity index is 1670. The number of ether oxygens (including phenoxy) is 1. The van der Waals surface area contributed by atoms with Crippen molar-refractivity contribution >= 4 is 27.6 Å². The van der Waals surface area contributed by atoms with E-state index in [1.807, 2.05) is 26.8 Å². The Morgan fingerprint density at radius 1 is 1.10 bits per heavy atom. The van der Waals surface area contributed by atoms with E-state index in [-0.39, 0.29) is 45.3 Å². The number of carbonyl (C=O) groups is 2. The molecule has 40 heavy (non-hydrogen) atoms. The lowest BCUT2D eigenvalue weighted by atomic mass is 10.1. The zero-order chi connectivity index (χ0) is 29.2. The largest absolute Gasteiger partial charge is 0.476 e. The zero-order valence-corrected chi connectivity index (χ0v) is 23.5. The standard InChI is InChI=1S/C28H30N4O7S/c1-6-17(3)31-40(36,37)24-15-20(29-26(33)23-11-8-14-38-23)12-13-22(24)39-27-19(5)25(28(34)35)30-32(27)21-10-7-9-16(2)18(21)4/h7-15,17,31H,6H2,1-5H3,(H,29,33)(H,34,35)/t17-/m0/s1. The first kappa shape index (κ1) is 28.6. The predicted molar refractivity (Wildman–Crippen MR) is 148 cm³/mol. The van der Waals surface area contributed by atoms with Crippen LogP contribution in [-0.4, -0.2) is 41.2 Å². The fourth-order valence-corrected chi connectivity index (χ4v) is 5.41. The number of sulfonamides is 1. The van der Waals surface area contributed by atoms with Gasteiger partial charge >= 0.3 is 5.97 Å². The fraction of sp³-hybridized carbons (Fsp3) is 0.250. The van der Waals surface area contributed by atoms with Crippen molar-refractivity contribution in [3.63, 3.8) is 0 Å². The lowest BCUT2D eigenvalue weighted by Gasteiger charge is -2.18. The van der Waals surface area contributed by atoms with Gasteiger partial charge in [-0.15, -0.1) is 0 Å². The zero-order valence-electron chi connectivity index (χ0n) is 22.7. The van der Waals surface area contributed by atoms with Crippen LogP contribution >= 0.6 is 0 Å². The first-order valence-electron chi connectivity index (χ1n) is 12.5. The van der Waals surface area contributed by atoms with E-state index in [9.17, 15) is 23.1 Å². The molecule has 0 saturated carbocycles. The molecule has 3 N–H and O–H groups in total. The van der Waals surface area contributed by atoms with Gasteiger partial charge in [0.05, 0.1) is 12.0 Å². The third-order valence-corrected chi connectivity index (χ3v) is 8.10. The molecule has 1 atom stereocenters. The van der Waals surface area contributed by atoms with Crippen LogP contribution in [0.1, 0.15) is 58.0 Å². The maximum absolute atomic E-state index is 13.5. The number of aryl methyl sites for hydroxylation is 1. The van der Waals surface area contributed by atoms with Gasteiger partial charge in [0.15, 0.2) is 11.5 Å². The molecule has 12 heteroatoms. The average Bonchev–Trinajstić information content (AvgIpc) is 3.55. The minimum absolute atomic E-state index is 0.0402. The van der Waals surface area contributed by atoms with E-state index in [0.717, 1.165) is 11.1 Å². The van der Waals surface area contributed by atoms with Gasteiger partial charge in [-0.1, -0.05) is 19.1 Å². The van der Waals surface area contributed by atoms with Gasteiger partial charge in [0, 0.05) is 17.3 Å². The van der Waals surface area contributed by atoms with Crippen LogP contribution in [0.4, 0.5) is 5.69 Å². The average molecular weight is 567 g/mol. The number of aromatic carboxylic acids is 1. The molecule has 4 rings (SSSR count). The van der Waals surface area contributed by atoms with Gasteiger partial charge in [-0.25, -0.2) is 17.9 Å². The molecule has 2 aromatic carbocycles. The van der Waals surface area contributed by atoms with Crippen LogP contribution in [0, 0.1) is 20.8 Å². The molecule has 0 unspecified atom stereocenters. The van der Waals surface area contributed by atoms with Crippen molar-refractivity contribution in [2.45, 2.75) is 52.0 Å². The minimum Gasteiger partial charge on any atom is -0.476 e. The Balaban J connectivity index is 1.85. The van der Waals surface area contributed by atoms with Crippen molar-refractivity contribution in [2.24, 2.45) is 0 Å². The van der Waals surface area contributed by atoms with Crippen molar-refractivity contribution in [1.29, 1.82) is 0 Å². The maximum atomic E-state index is 13.5. The number of carboxylic acid groups (broad SMARTS) is 1. The third kappa shape index (κ3) is 5.77. The highest BCUT2D eigenvalue weighted by Gasteiger charge is 2.28. The Morgan fingerprint density at radius 2 is 1.85 bits per heavy atom. The number of furan rings is 1. The van der Waals surface area contributed by atoms with E-state index in [1.54, 1.807) is 25.1 Å². The van der Waals surface area contributed by atoms with Crippen molar-refractivity contribution in [1.82, 2.24) is 14.5 Å². The van der Waals surface area contributed by atoms with Crippen molar-refractivity contribution in [2.75, 3.05) is 5.32 Å². The van der Waals surface area contributed by atoms with Crippen molar-refractivity contribution in [3.8, 4) is 17.3 Å². The fourth-order valence-electron chi connectivity index (χ4n) is 3.93. The van der Waals surface area contributed by atoms with E-state index in [4.69, 9.17) is 9.15 Å². The number of carbonyl (C=O) groups excluding carboxylic acids is 1. The molecule has 0 spiro atoms. The van der Waals surface area contributed by atoms with Gasteiger partial charge < -0.3 is 19.6 Å². The Kier molecular flexibility index (Phi) is 8.12. The number of rotatable bonds is 10. The molecule has 0 saturated heterocycles. The van der Waals surface area contributed by atoms with Crippen LogP contribution in [0.25, 0.3) is 5.69 Å². The van der Waals surface area contributed by atoms with Crippen molar-refractivity contribution in [3.05, 3.63) is 82.9 Å². The first-order valence-corrected chi connectivity index (χ1v) is 14.0. The van der Waals surface area contributed by atoms with Gasteiger partial charge in [0.2, 0.25) is 15.9 Å². The second kappa shape index (κ2) is 11.4. The van der Waals surface area contributed by atoms with Crippen LogP contribution in [0.15, 0.2) is 64.1 Å². The van der Waals surface area contributed by atoms with Crippen LogP contribution in [0.2, 0.25) is 0 Å². The number of carboxylic acids is 1. The lowest BCUT2D eigenvalue weighted by molar-refractivity contribution is 0.0689. The Hall–Kier alpha value is -4.42. The molecule has 4 aromatic rings. The van der Waals surface area contributed by atoms with Gasteiger partial charge in [-0.2, -0.15) is 9.78 Å². The quantitative estimate of drug-likeness (QED) is 0.236. The molecule has 0 bridgehead atoms. The highest BCUT2D eigenvalue weighted by molar-refractivity contribution is 7.89. The van der Waals surface area contributed by atoms with E-state index in [1.165, 1.54) is 42.1 Å². The highest BCUT2D eigenvalue weighted by Crippen LogP contribution is 2.36. The first-order chi connectivity index (χ1) is 18.9. The Labute approximate surface area is 231 Å². The van der Waals surface area contributed by atoms with E-state index >= 15 is 0 Å². The predicted octanol–water partition coefficient (Wildman–Crippen LogP) is 5.21. The lowest BCUT2D eigenvalue weighted by Crippen LogP contribution is -2.32. The molecule has 11 nitrogen and oxygen atoms in total. The second-order valence-electron chi connectivity index (χ2n) is 9.34. The summed E-state index contributed by atoms with van der Waals surface area (Å²) in [6, 6.07) is 12.3. The number of nitrogens with one attached hydrogen (secondary N) is 2. The van der Waals surface area contributed by atoms with E-state index < -0.39 is 21.9 Å². The van der Waals surface area contributed by atoms with Gasteiger partial charge in [-0.3, -0.25) is 4.79 Å². The van der Waals surface area contributed by atoms with E-state index in [2.05, 4.69) is 15.1 Å². The number of hydrogen-bond acceptors (Lipinski definition) is 7. The molecule has 1 amide bonds. The summed E-state index contributed by atoms with van der Waals surface area (Å²) >= 11 is 0. The number of nitrogens with zero attached hydrogens (tertiary/aromatic N) is 2. The number of anilines is 1. The SMILES string of the molecule is CC[C@H](C)NS(=O)(=O)c1cc(NC(=O)c2ccco2)ccc1Oc1c(C)c(C(=O)O)nn1-c1cccc(C)c1C. The summed E-state index contributed by atoms with van der Waals surface area (Å²) in [5, 5.41) is 16.7. The van der Waals surface area contributed by atoms with E-state index in [0.29, 0.717) is 12.1 Å². The number of hydrogen-bond donors (Lipinski definition) is 3. The molecule has 0 radical (unpaired) electrons. The van der Waals surface area contributed by atoms with Gasteiger partial charge in [0.1, 0.15) is 10.6 Å². The molecule has 210 valence electrons. The molecule has 0 aliphatic carbocycles. The molecule has 2 heterocycles. The second-order valence-corrected chi connectivity index (χ2v) is 11.0. The van der Waals surface area contributed by atoms with Crippen molar-refractivity contribution < 1.29 is 32.3 Å². The van der Waals surface area contributed by atoms with Crippen LogP contribution in [0.3, 0.4) is 0 Å². The molecule has 0 aliphatic heterocycles. The summed E-state index contributed by atoms with van der Waals surface area (Å²) in [5.74, 6) is -1.81. The topological polar surface area (TPSA) is 153 Å². The summed E-state index contributed by atoms with van der Waals surface area (Å²) < 4.78 is 42.2. The highest BCUT2D eigenvalue weighted by atomic mass is 32.2. The molecule has 2 aromatic heterocycles. The third-order valence-electron chi connectivity index (χ3n) is 6.49. The normalized spacial score (nSPS) is 12.2. The molecule has 0 aliphatic rings. The smallest absolute Gasteiger partial charge is 0.356 e. The summed E-state index contributed by atoms with van der Waals surface area (Å²) in [4.78, 5) is 24.2. The summed E-state index contributed by atoms with van der Waals surface area (Å²) in [7, 11) is -4.14. The van der Waals surface area contributed by atoms with Gasteiger partial charge in [-0.05, 0) is 81.6 Å². The number of amides is 1. The Morgan fingerprint density at radius 3 is 2.50 bits per heavy atom. The summed E-state index contributed by atoms with van der Waals surface area (Å²) in [6.07, 6.45) is 1.88.